The lowest BCUT2D eigenvalue weighted by Gasteiger charge is -2.32. The van der Waals surface area contributed by atoms with Crippen molar-refractivity contribution >= 4 is 17.6 Å². The summed E-state index contributed by atoms with van der Waals surface area (Å²) >= 11 is 0. The number of nitrogens with zero attached hydrogens (tertiary/aromatic N) is 3. The van der Waals surface area contributed by atoms with Gasteiger partial charge in [0, 0.05) is 25.1 Å². The van der Waals surface area contributed by atoms with Gasteiger partial charge in [-0.25, -0.2) is 0 Å². The number of piperidine rings is 1. The fourth-order valence-corrected chi connectivity index (χ4v) is 4.10. The van der Waals surface area contributed by atoms with Gasteiger partial charge >= 0.3 is 0 Å². The Morgan fingerprint density at radius 2 is 1.89 bits per heavy atom. The lowest BCUT2D eigenvalue weighted by molar-refractivity contribution is -0.139. The molecule has 150 valence electrons. The van der Waals surface area contributed by atoms with Gasteiger partial charge in [-0.05, 0) is 45.7 Å². The summed E-state index contributed by atoms with van der Waals surface area (Å²) in [6.07, 6.45) is 9.07. The molecule has 1 aromatic heterocycles. The predicted octanol–water partition coefficient (Wildman–Crippen LogP) is 2.82. The average Bonchev–Trinajstić information content (AvgIpc) is 3.10. The highest BCUT2D eigenvalue weighted by atomic mass is 16.5. The number of carbonyl (C=O) groups is 2. The molecule has 1 N–H and O–H groups in total. The van der Waals surface area contributed by atoms with Crippen LogP contribution in [0.25, 0.3) is 0 Å². The molecular weight excluding hydrogens is 344 g/mol. The molecule has 0 bridgehead atoms. The Labute approximate surface area is 161 Å². The first-order valence-electron chi connectivity index (χ1n) is 10.4. The van der Waals surface area contributed by atoms with Crippen LogP contribution in [0, 0.1) is 12.8 Å². The standard InChI is InChI=1S/C20H32N4O3/c1-16-14-18(22-27-16)21-19(25)15-24(13-12-23-10-6-3-7-11-23)20(26)17-8-4-2-5-9-17/h14,17H,2-13,15H2,1H3,(H,21,22,25). The highest BCUT2D eigenvalue weighted by molar-refractivity contribution is 5.94. The molecule has 7 heteroatoms. The van der Waals surface area contributed by atoms with Gasteiger partial charge in [0.15, 0.2) is 5.82 Å². The lowest BCUT2D eigenvalue weighted by Crippen LogP contribution is -2.46. The molecule has 2 fully saturated rings. The summed E-state index contributed by atoms with van der Waals surface area (Å²) in [5.74, 6) is 1.04. The molecule has 0 aromatic carbocycles. The van der Waals surface area contributed by atoms with Crippen molar-refractivity contribution in [1.82, 2.24) is 15.0 Å². The van der Waals surface area contributed by atoms with E-state index in [9.17, 15) is 9.59 Å². The van der Waals surface area contributed by atoms with Crippen molar-refractivity contribution in [3.63, 3.8) is 0 Å². The zero-order valence-electron chi connectivity index (χ0n) is 16.4. The first-order valence-corrected chi connectivity index (χ1v) is 10.4. The maximum absolute atomic E-state index is 13.1. The molecule has 2 aliphatic rings. The summed E-state index contributed by atoms with van der Waals surface area (Å²) in [7, 11) is 0. The summed E-state index contributed by atoms with van der Waals surface area (Å²) in [6.45, 7) is 5.50. The minimum atomic E-state index is -0.217. The van der Waals surface area contributed by atoms with Crippen LogP contribution in [-0.2, 0) is 9.59 Å². The van der Waals surface area contributed by atoms with Crippen molar-refractivity contribution in [3.8, 4) is 0 Å². The highest BCUT2D eigenvalue weighted by Crippen LogP contribution is 2.25. The number of rotatable bonds is 7. The third-order valence-corrected chi connectivity index (χ3v) is 5.63. The molecule has 1 aliphatic carbocycles. The minimum Gasteiger partial charge on any atom is -0.360 e. The smallest absolute Gasteiger partial charge is 0.245 e. The Morgan fingerprint density at radius 3 is 2.56 bits per heavy atom. The summed E-state index contributed by atoms with van der Waals surface area (Å²) in [6, 6.07) is 1.68. The molecule has 0 spiro atoms. The van der Waals surface area contributed by atoms with Crippen LogP contribution in [0.4, 0.5) is 5.82 Å². The number of anilines is 1. The lowest BCUT2D eigenvalue weighted by atomic mass is 9.88. The van der Waals surface area contributed by atoms with Crippen LogP contribution in [0.3, 0.4) is 0 Å². The number of nitrogens with one attached hydrogen (secondary N) is 1. The third kappa shape index (κ3) is 6.06. The third-order valence-electron chi connectivity index (χ3n) is 5.63. The molecule has 0 unspecified atom stereocenters. The van der Waals surface area contributed by atoms with Crippen LogP contribution >= 0.6 is 0 Å². The first kappa shape index (κ1) is 19.9. The van der Waals surface area contributed by atoms with Crippen molar-refractivity contribution < 1.29 is 14.1 Å². The van der Waals surface area contributed by atoms with Crippen LogP contribution < -0.4 is 5.32 Å². The van der Waals surface area contributed by atoms with Gasteiger partial charge in [-0.3, -0.25) is 9.59 Å². The largest absolute Gasteiger partial charge is 0.360 e. The van der Waals surface area contributed by atoms with E-state index in [1.807, 2.05) is 0 Å². The predicted molar refractivity (Wildman–Crippen MR) is 103 cm³/mol. The number of likely N-dealkylation sites (tertiary alicyclic amines) is 1. The fraction of sp³-hybridized carbons (Fsp3) is 0.750. The maximum Gasteiger partial charge on any atom is 0.245 e. The molecule has 0 atom stereocenters. The Hall–Kier alpha value is -1.89. The Kier molecular flexibility index (Phi) is 7.26. The number of hydrogen-bond donors (Lipinski definition) is 1. The Bertz CT molecular complexity index is 618. The normalized spacial score (nSPS) is 19.0. The average molecular weight is 377 g/mol. The molecular formula is C20H32N4O3. The second kappa shape index (κ2) is 9.88. The number of aromatic nitrogens is 1. The van der Waals surface area contributed by atoms with E-state index >= 15 is 0 Å². The van der Waals surface area contributed by atoms with Gasteiger partial charge < -0.3 is 19.6 Å². The van der Waals surface area contributed by atoms with E-state index in [2.05, 4.69) is 15.4 Å². The quantitative estimate of drug-likeness (QED) is 0.792. The van der Waals surface area contributed by atoms with E-state index in [0.717, 1.165) is 45.3 Å². The Balaban J connectivity index is 1.58. The second-order valence-corrected chi connectivity index (χ2v) is 7.87. The van der Waals surface area contributed by atoms with Crippen LogP contribution in [-0.4, -0.2) is 59.5 Å². The van der Waals surface area contributed by atoms with E-state index < -0.39 is 0 Å². The number of carbonyl (C=O) groups excluding carboxylic acids is 2. The van der Waals surface area contributed by atoms with Crippen LogP contribution in [0.15, 0.2) is 10.6 Å². The maximum atomic E-state index is 13.1. The SMILES string of the molecule is Cc1cc(NC(=O)CN(CCN2CCCCC2)C(=O)C2CCCCC2)no1. The van der Waals surface area contributed by atoms with Gasteiger partial charge in [0.25, 0.3) is 0 Å². The molecule has 7 nitrogen and oxygen atoms in total. The number of amides is 2. The van der Waals surface area contributed by atoms with Crippen molar-refractivity contribution in [2.75, 3.05) is 38.0 Å². The van der Waals surface area contributed by atoms with E-state index in [1.165, 1.54) is 25.7 Å². The molecule has 3 rings (SSSR count). The van der Waals surface area contributed by atoms with Crippen LogP contribution in [0.1, 0.15) is 57.1 Å². The molecule has 1 saturated carbocycles. The zero-order valence-corrected chi connectivity index (χ0v) is 16.4. The summed E-state index contributed by atoms with van der Waals surface area (Å²) < 4.78 is 4.99. The molecule has 1 saturated heterocycles. The first-order chi connectivity index (χ1) is 13.1. The van der Waals surface area contributed by atoms with Crippen molar-refractivity contribution in [2.45, 2.75) is 58.3 Å². The van der Waals surface area contributed by atoms with E-state index in [-0.39, 0.29) is 24.3 Å². The summed E-state index contributed by atoms with van der Waals surface area (Å²) in [5.41, 5.74) is 0. The van der Waals surface area contributed by atoms with Crippen molar-refractivity contribution in [3.05, 3.63) is 11.8 Å². The number of aryl methyl sites for hydroxylation is 1. The van der Waals surface area contributed by atoms with Gasteiger partial charge in [-0.2, -0.15) is 0 Å². The van der Waals surface area contributed by atoms with Gasteiger partial charge in [-0.1, -0.05) is 30.8 Å². The molecule has 1 aromatic rings. The van der Waals surface area contributed by atoms with Gasteiger partial charge in [0.1, 0.15) is 5.76 Å². The molecule has 27 heavy (non-hydrogen) atoms. The Morgan fingerprint density at radius 1 is 1.19 bits per heavy atom. The van der Waals surface area contributed by atoms with Crippen LogP contribution in [0.2, 0.25) is 0 Å². The van der Waals surface area contributed by atoms with E-state index in [1.54, 1.807) is 17.9 Å². The van der Waals surface area contributed by atoms with Crippen molar-refractivity contribution in [2.24, 2.45) is 5.92 Å². The molecule has 2 amide bonds. The number of hydrogen-bond acceptors (Lipinski definition) is 5. The van der Waals surface area contributed by atoms with E-state index in [0.29, 0.717) is 18.1 Å². The summed E-state index contributed by atoms with van der Waals surface area (Å²) in [5, 5.41) is 6.54. The van der Waals surface area contributed by atoms with Gasteiger partial charge in [0.05, 0.1) is 6.54 Å². The minimum absolute atomic E-state index is 0.0715. The summed E-state index contributed by atoms with van der Waals surface area (Å²) in [4.78, 5) is 29.7. The van der Waals surface area contributed by atoms with Gasteiger partial charge in [0.2, 0.25) is 11.8 Å². The zero-order chi connectivity index (χ0) is 19.1. The fourth-order valence-electron chi connectivity index (χ4n) is 4.10. The molecule has 0 radical (unpaired) electrons. The second-order valence-electron chi connectivity index (χ2n) is 7.87. The van der Waals surface area contributed by atoms with Gasteiger partial charge in [-0.15, -0.1) is 0 Å². The van der Waals surface area contributed by atoms with Crippen LogP contribution in [0.5, 0.6) is 0 Å². The van der Waals surface area contributed by atoms with Crippen molar-refractivity contribution in [1.29, 1.82) is 0 Å². The van der Waals surface area contributed by atoms with E-state index in [4.69, 9.17) is 4.52 Å². The monoisotopic (exact) mass is 376 g/mol. The molecule has 1 aliphatic heterocycles. The molecule has 2 heterocycles. The topological polar surface area (TPSA) is 78.7 Å². The highest BCUT2D eigenvalue weighted by Gasteiger charge is 2.28.